The Balaban J connectivity index is 1.83. The highest BCUT2D eigenvalue weighted by Crippen LogP contribution is 2.36. The number of benzene rings is 1. The zero-order valence-electron chi connectivity index (χ0n) is 29.3. The van der Waals surface area contributed by atoms with E-state index in [0.717, 1.165) is 68.3 Å². The van der Waals surface area contributed by atoms with E-state index in [9.17, 15) is 14.7 Å². The third-order valence-electron chi connectivity index (χ3n) is 8.63. The van der Waals surface area contributed by atoms with Gasteiger partial charge in [-0.3, -0.25) is 4.79 Å². The largest absolute Gasteiger partial charge is 0.478 e. The molecule has 0 spiro atoms. The lowest BCUT2D eigenvalue weighted by atomic mass is 9.98. The van der Waals surface area contributed by atoms with Crippen LogP contribution >= 0.6 is 11.8 Å². The Morgan fingerprint density at radius 3 is 2.42 bits per heavy atom. The van der Waals surface area contributed by atoms with Crippen molar-refractivity contribution in [3.8, 4) is 22.6 Å². The number of nitrogens with zero attached hydrogens (tertiary/aromatic N) is 2. The normalized spacial score (nSPS) is 13.2. The zero-order chi connectivity index (χ0) is 34.8. The topological polar surface area (TPSA) is 87.6 Å². The molecule has 3 aromatic rings. The molecule has 256 valence electrons. The SMILES string of the molecule is C=C(C)SC(C(=C)/C=C\c1cc(-c2c(CCCCCCC)cc(-c3cc(C(=O)O)c[nH]3)n2CC(=O)N2CCOCC2)ccc1C)=C(C)C. The van der Waals surface area contributed by atoms with Crippen LogP contribution in [-0.2, 0) is 22.5 Å². The summed E-state index contributed by atoms with van der Waals surface area (Å²) >= 11 is 1.64. The minimum absolute atomic E-state index is 0.0173. The number of amides is 1. The maximum Gasteiger partial charge on any atom is 0.337 e. The lowest BCUT2D eigenvalue weighted by molar-refractivity contribution is -0.135. The fraction of sp³-hybridized carbons (Fsp3) is 0.400. The minimum Gasteiger partial charge on any atom is -0.478 e. The summed E-state index contributed by atoms with van der Waals surface area (Å²) in [5, 5.41) is 9.69. The van der Waals surface area contributed by atoms with E-state index in [1.165, 1.54) is 31.0 Å². The number of unbranched alkanes of at least 4 members (excludes halogenated alkanes) is 4. The molecule has 0 unspecified atom stereocenters. The molecule has 3 heterocycles. The number of aromatic carboxylic acids is 1. The summed E-state index contributed by atoms with van der Waals surface area (Å²) in [5.74, 6) is -0.977. The lowest BCUT2D eigenvalue weighted by Gasteiger charge is -2.28. The van der Waals surface area contributed by atoms with E-state index < -0.39 is 5.97 Å². The predicted octanol–water partition coefficient (Wildman–Crippen LogP) is 9.66. The van der Waals surface area contributed by atoms with Gasteiger partial charge in [0.1, 0.15) is 6.54 Å². The van der Waals surface area contributed by atoms with Gasteiger partial charge in [0.05, 0.1) is 35.9 Å². The Kier molecular flexibility index (Phi) is 13.4. The van der Waals surface area contributed by atoms with Crippen LogP contribution in [0.4, 0.5) is 0 Å². The van der Waals surface area contributed by atoms with Crippen molar-refractivity contribution in [2.45, 2.75) is 79.7 Å². The highest BCUT2D eigenvalue weighted by atomic mass is 32.2. The Labute approximate surface area is 290 Å². The third-order valence-corrected chi connectivity index (χ3v) is 9.85. The van der Waals surface area contributed by atoms with Gasteiger partial charge >= 0.3 is 5.97 Å². The van der Waals surface area contributed by atoms with Crippen LogP contribution in [0.1, 0.15) is 86.8 Å². The first kappa shape index (κ1) is 36.8. The van der Waals surface area contributed by atoms with Gasteiger partial charge in [0, 0.05) is 24.2 Å². The second-order valence-electron chi connectivity index (χ2n) is 12.8. The van der Waals surface area contributed by atoms with Crippen molar-refractivity contribution in [2.24, 2.45) is 0 Å². The first-order valence-corrected chi connectivity index (χ1v) is 17.8. The molecular formula is C40H51N3O4S. The maximum absolute atomic E-state index is 13.8. The number of nitrogens with one attached hydrogen (secondary N) is 1. The molecule has 1 aromatic carbocycles. The Hall–Kier alpha value is -4.01. The number of carboxylic acid groups (broad SMARTS) is 1. The molecule has 1 saturated heterocycles. The summed E-state index contributed by atoms with van der Waals surface area (Å²) < 4.78 is 7.60. The number of allylic oxidation sites excluding steroid dienone is 4. The number of aromatic amines is 1. The summed E-state index contributed by atoms with van der Waals surface area (Å²) in [6, 6.07) is 10.3. The minimum atomic E-state index is -0.995. The molecule has 1 fully saturated rings. The summed E-state index contributed by atoms with van der Waals surface area (Å²) in [4.78, 5) is 32.8. The van der Waals surface area contributed by atoms with Crippen molar-refractivity contribution in [1.29, 1.82) is 0 Å². The number of carbonyl (C=O) groups excluding carboxylic acids is 1. The fourth-order valence-corrected chi connectivity index (χ4v) is 6.81. The first-order valence-electron chi connectivity index (χ1n) is 17.0. The molecule has 0 saturated carbocycles. The highest BCUT2D eigenvalue weighted by Gasteiger charge is 2.24. The van der Waals surface area contributed by atoms with Crippen molar-refractivity contribution in [2.75, 3.05) is 26.3 Å². The van der Waals surface area contributed by atoms with E-state index >= 15 is 0 Å². The van der Waals surface area contributed by atoms with Crippen molar-refractivity contribution < 1.29 is 19.4 Å². The summed E-state index contributed by atoms with van der Waals surface area (Å²) in [6.07, 6.45) is 12.3. The van der Waals surface area contributed by atoms with E-state index in [4.69, 9.17) is 4.74 Å². The molecule has 0 bridgehead atoms. The van der Waals surface area contributed by atoms with Gasteiger partial charge in [0.2, 0.25) is 5.91 Å². The number of morpholine rings is 1. The Morgan fingerprint density at radius 1 is 1.04 bits per heavy atom. The van der Waals surface area contributed by atoms with Crippen LogP contribution in [0.5, 0.6) is 0 Å². The first-order chi connectivity index (χ1) is 23.0. The monoisotopic (exact) mass is 669 g/mol. The molecule has 1 aliphatic rings. The summed E-state index contributed by atoms with van der Waals surface area (Å²) in [6.45, 7) is 21.2. The average molecular weight is 670 g/mol. The molecule has 2 N–H and O–H groups in total. The van der Waals surface area contributed by atoms with Crippen molar-refractivity contribution in [1.82, 2.24) is 14.5 Å². The van der Waals surface area contributed by atoms with Crippen molar-refractivity contribution >= 4 is 29.7 Å². The number of hydrogen-bond donors (Lipinski definition) is 2. The molecule has 0 radical (unpaired) electrons. The molecule has 2 aromatic heterocycles. The number of aromatic nitrogens is 2. The smallest absolute Gasteiger partial charge is 0.337 e. The number of carbonyl (C=O) groups is 2. The van der Waals surface area contributed by atoms with Crippen LogP contribution in [0.3, 0.4) is 0 Å². The number of aryl methyl sites for hydroxylation is 2. The number of rotatable bonds is 16. The number of thioether (sulfide) groups is 1. The second kappa shape index (κ2) is 17.4. The Bertz CT molecular complexity index is 1700. The molecule has 0 aliphatic carbocycles. The van der Waals surface area contributed by atoms with Gasteiger partial charge in [-0.15, -0.1) is 0 Å². The summed E-state index contributed by atoms with van der Waals surface area (Å²) in [5.41, 5.74) is 9.14. The fourth-order valence-electron chi connectivity index (χ4n) is 6.05. The van der Waals surface area contributed by atoms with Gasteiger partial charge in [0.25, 0.3) is 0 Å². The maximum atomic E-state index is 13.8. The van der Waals surface area contributed by atoms with Crippen LogP contribution in [0.25, 0.3) is 28.7 Å². The molecule has 7 nitrogen and oxygen atoms in total. The number of ether oxygens (including phenoxy) is 1. The quantitative estimate of drug-likeness (QED) is 0.117. The van der Waals surface area contributed by atoms with Gasteiger partial charge < -0.3 is 24.3 Å². The highest BCUT2D eigenvalue weighted by molar-refractivity contribution is 8.06. The molecule has 1 aliphatic heterocycles. The van der Waals surface area contributed by atoms with Crippen LogP contribution in [0, 0.1) is 6.92 Å². The zero-order valence-corrected chi connectivity index (χ0v) is 30.1. The van der Waals surface area contributed by atoms with Gasteiger partial charge in [-0.25, -0.2) is 4.79 Å². The Morgan fingerprint density at radius 2 is 1.77 bits per heavy atom. The number of hydrogen-bond acceptors (Lipinski definition) is 4. The second-order valence-corrected chi connectivity index (χ2v) is 14.1. The van der Waals surface area contributed by atoms with E-state index in [1.54, 1.807) is 17.8 Å². The van der Waals surface area contributed by atoms with Crippen LogP contribution in [0.2, 0.25) is 0 Å². The molecule has 4 rings (SSSR count). The number of carboxylic acids is 1. The molecule has 1 amide bonds. The molecule has 48 heavy (non-hydrogen) atoms. The average Bonchev–Trinajstić information content (AvgIpc) is 3.69. The van der Waals surface area contributed by atoms with Crippen LogP contribution in [-0.4, -0.2) is 57.7 Å². The molecule has 8 heteroatoms. The lowest BCUT2D eigenvalue weighted by Crippen LogP contribution is -2.42. The van der Waals surface area contributed by atoms with E-state index in [0.29, 0.717) is 32.0 Å². The summed E-state index contributed by atoms with van der Waals surface area (Å²) in [7, 11) is 0. The van der Waals surface area contributed by atoms with E-state index in [-0.39, 0.29) is 18.0 Å². The van der Waals surface area contributed by atoms with Gasteiger partial charge in [-0.05, 0) is 91.5 Å². The van der Waals surface area contributed by atoms with Crippen molar-refractivity contribution in [3.05, 3.63) is 99.0 Å². The predicted molar refractivity (Wildman–Crippen MR) is 200 cm³/mol. The standard InChI is InChI=1S/C40H51N3O4S/c1-8-9-10-11-12-13-32-24-36(35-23-34(25-41-35)40(45)46)43(26-37(44)42-18-20-47-21-19-42)38(32)33-17-14-29(6)31(22-33)16-15-30(7)39(27(2)3)48-28(4)5/h14-17,22-25,41H,4,7-13,18-21,26H2,1-3,5-6H3,(H,45,46)/b16-15-. The van der Waals surface area contributed by atoms with Crippen molar-refractivity contribution in [3.63, 3.8) is 0 Å². The van der Waals surface area contributed by atoms with Gasteiger partial charge in [0.15, 0.2) is 0 Å². The third kappa shape index (κ3) is 9.54. The van der Waals surface area contributed by atoms with Crippen LogP contribution in [0.15, 0.2) is 76.7 Å². The molecule has 0 atom stereocenters. The van der Waals surface area contributed by atoms with E-state index in [1.807, 2.05) is 11.8 Å². The molecular weight excluding hydrogens is 619 g/mol. The number of H-pyrrole nitrogens is 1. The van der Waals surface area contributed by atoms with E-state index in [2.05, 4.69) is 86.8 Å². The van der Waals surface area contributed by atoms with Crippen LogP contribution < -0.4 is 0 Å². The van der Waals surface area contributed by atoms with Gasteiger partial charge in [-0.1, -0.05) is 87.4 Å². The van der Waals surface area contributed by atoms with Gasteiger partial charge in [-0.2, -0.15) is 0 Å².